The number of carbonyl (C=O) groups is 1. The van der Waals surface area contributed by atoms with Gasteiger partial charge in [0.2, 0.25) is 0 Å². The molecule has 4 rings (SSSR count). The molecule has 0 radical (unpaired) electrons. The average molecular weight is 363 g/mol. The summed E-state index contributed by atoms with van der Waals surface area (Å²) in [5.41, 5.74) is 1.82. The lowest BCUT2D eigenvalue weighted by Crippen LogP contribution is -2.50. The highest BCUT2D eigenvalue weighted by Gasteiger charge is 2.26. The van der Waals surface area contributed by atoms with Gasteiger partial charge in [0, 0.05) is 44.6 Å². The van der Waals surface area contributed by atoms with Crippen molar-refractivity contribution in [2.75, 3.05) is 31.1 Å². The van der Waals surface area contributed by atoms with E-state index in [1.807, 2.05) is 25.1 Å². The number of aromatic nitrogens is 3. The molecule has 7 heteroatoms. The van der Waals surface area contributed by atoms with Gasteiger partial charge in [0.15, 0.2) is 11.3 Å². The second-order valence-corrected chi connectivity index (χ2v) is 6.47. The first-order valence-electron chi connectivity index (χ1n) is 9.14. The maximum Gasteiger partial charge on any atom is 0.283 e. The Kier molecular flexibility index (Phi) is 4.58. The molecule has 2 aromatic heterocycles. The van der Waals surface area contributed by atoms with Crippen molar-refractivity contribution in [2.45, 2.75) is 13.5 Å². The normalized spacial score (nSPS) is 14.6. The monoisotopic (exact) mass is 363 g/mol. The number of rotatable bonds is 3. The SMILES string of the molecule is CCn1c(=O)c(C(=O)N2CCN(c3ccccc3)CC2)nc2cccnc21. The van der Waals surface area contributed by atoms with E-state index in [1.165, 1.54) is 4.57 Å². The molecule has 3 heterocycles. The molecule has 0 aliphatic carbocycles. The van der Waals surface area contributed by atoms with E-state index in [2.05, 4.69) is 27.0 Å². The van der Waals surface area contributed by atoms with Crippen LogP contribution in [0.5, 0.6) is 0 Å². The highest BCUT2D eigenvalue weighted by atomic mass is 16.2. The zero-order valence-corrected chi connectivity index (χ0v) is 15.2. The molecule has 0 unspecified atom stereocenters. The van der Waals surface area contributed by atoms with Crippen LogP contribution in [-0.4, -0.2) is 51.5 Å². The van der Waals surface area contributed by atoms with E-state index in [4.69, 9.17) is 0 Å². The molecule has 0 spiro atoms. The fourth-order valence-corrected chi connectivity index (χ4v) is 3.47. The largest absolute Gasteiger partial charge is 0.368 e. The minimum absolute atomic E-state index is 0.0227. The lowest BCUT2D eigenvalue weighted by Gasteiger charge is -2.35. The molecule has 1 amide bonds. The molecule has 3 aromatic rings. The molecule has 27 heavy (non-hydrogen) atoms. The minimum atomic E-state index is -0.376. The van der Waals surface area contributed by atoms with Gasteiger partial charge in [-0.3, -0.25) is 14.2 Å². The quantitative estimate of drug-likeness (QED) is 0.709. The van der Waals surface area contributed by atoms with Gasteiger partial charge in [-0.25, -0.2) is 9.97 Å². The molecule has 0 bridgehead atoms. The molecule has 0 saturated carbocycles. The van der Waals surface area contributed by atoms with Crippen LogP contribution in [0.4, 0.5) is 5.69 Å². The summed E-state index contributed by atoms with van der Waals surface area (Å²) in [6, 6.07) is 13.7. The van der Waals surface area contributed by atoms with Crippen LogP contribution < -0.4 is 10.5 Å². The number of para-hydroxylation sites is 1. The van der Waals surface area contributed by atoms with Crippen molar-refractivity contribution in [3.63, 3.8) is 0 Å². The van der Waals surface area contributed by atoms with E-state index in [1.54, 1.807) is 23.2 Å². The number of anilines is 1. The number of fused-ring (bicyclic) bond motifs is 1. The van der Waals surface area contributed by atoms with Crippen molar-refractivity contribution in [1.29, 1.82) is 0 Å². The molecule has 7 nitrogen and oxygen atoms in total. The molecule has 1 fully saturated rings. The van der Waals surface area contributed by atoms with Gasteiger partial charge in [0.05, 0.1) is 0 Å². The zero-order valence-electron chi connectivity index (χ0n) is 15.2. The van der Waals surface area contributed by atoms with Gasteiger partial charge in [0.1, 0.15) is 5.52 Å². The van der Waals surface area contributed by atoms with Crippen LogP contribution in [0.3, 0.4) is 0 Å². The Labute approximate surface area is 156 Å². The average Bonchev–Trinajstić information content (AvgIpc) is 2.73. The second-order valence-electron chi connectivity index (χ2n) is 6.47. The Bertz CT molecular complexity index is 1020. The third kappa shape index (κ3) is 3.16. The Balaban J connectivity index is 1.59. The third-order valence-corrected chi connectivity index (χ3v) is 4.91. The predicted molar refractivity (Wildman–Crippen MR) is 104 cm³/mol. The molecule has 1 saturated heterocycles. The number of hydrogen-bond acceptors (Lipinski definition) is 5. The summed E-state index contributed by atoms with van der Waals surface area (Å²) >= 11 is 0. The summed E-state index contributed by atoms with van der Waals surface area (Å²) in [5.74, 6) is -0.305. The van der Waals surface area contributed by atoms with E-state index in [0.29, 0.717) is 30.8 Å². The number of benzene rings is 1. The van der Waals surface area contributed by atoms with E-state index < -0.39 is 0 Å². The summed E-state index contributed by atoms with van der Waals surface area (Å²) in [6.45, 7) is 4.89. The van der Waals surface area contributed by atoms with Gasteiger partial charge < -0.3 is 9.80 Å². The highest BCUT2D eigenvalue weighted by Crippen LogP contribution is 2.16. The summed E-state index contributed by atoms with van der Waals surface area (Å²) in [6.07, 6.45) is 1.62. The highest BCUT2D eigenvalue weighted by molar-refractivity contribution is 5.93. The Morgan fingerprint density at radius 3 is 2.48 bits per heavy atom. The Hall–Kier alpha value is -3.22. The molecular weight excluding hydrogens is 342 g/mol. The fraction of sp³-hybridized carbons (Fsp3) is 0.300. The number of nitrogens with zero attached hydrogens (tertiary/aromatic N) is 5. The minimum Gasteiger partial charge on any atom is -0.368 e. The van der Waals surface area contributed by atoms with Crippen LogP contribution in [-0.2, 0) is 6.54 Å². The van der Waals surface area contributed by atoms with Crippen LogP contribution in [0.2, 0.25) is 0 Å². The van der Waals surface area contributed by atoms with Crippen LogP contribution in [0.1, 0.15) is 17.4 Å². The third-order valence-electron chi connectivity index (χ3n) is 4.91. The van der Waals surface area contributed by atoms with Gasteiger partial charge in [-0.05, 0) is 31.2 Å². The van der Waals surface area contributed by atoms with Crippen LogP contribution >= 0.6 is 0 Å². The molecule has 1 aromatic carbocycles. The molecule has 0 N–H and O–H groups in total. The van der Waals surface area contributed by atoms with Crippen LogP contribution in [0.15, 0.2) is 53.5 Å². The molecule has 0 atom stereocenters. The Morgan fingerprint density at radius 2 is 1.78 bits per heavy atom. The molecular formula is C20H21N5O2. The molecule has 1 aliphatic heterocycles. The first kappa shape index (κ1) is 17.2. The van der Waals surface area contributed by atoms with Gasteiger partial charge in [0.25, 0.3) is 11.5 Å². The van der Waals surface area contributed by atoms with Crippen molar-refractivity contribution in [1.82, 2.24) is 19.4 Å². The number of carbonyl (C=O) groups excluding carboxylic acids is 1. The van der Waals surface area contributed by atoms with Gasteiger partial charge in [-0.2, -0.15) is 0 Å². The number of aryl methyl sites for hydroxylation is 1. The van der Waals surface area contributed by atoms with Crippen molar-refractivity contribution in [2.24, 2.45) is 0 Å². The van der Waals surface area contributed by atoms with Gasteiger partial charge in [-0.15, -0.1) is 0 Å². The summed E-state index contributed by atoms with van der Waals surface area (Å²) in [7, 11) is 0. The van der Waals surface area contributed by atoms with E-state index >= 15 is 0 Å². The van der Waals surface area contributed by atoms with E-state index in [9.17, 15) is 9.59 Å². The summed E-state index contributed by atoms with van der Waals surface area (Å²) in [4.78, 5) is 38.3. The lowest BCUT2D eigenvalue weighted by molar-refractivity contribution is 0.0738. The van der Waals surface area contributed by atoms with Crippen molar-refractivity contribution in [3.05, 3.63) is 64.7 Å². The van der Waals surface area contributed by atoms with Gasteiger partial charge >= 0.3 is 0 Å². The molecule has 138 valence electrons. The second kappa shape index (κ2) is 7.19. The van der Waals surface area contributed by atoms with Crippen molar-refractivity contribution >= 4 is 22.8 Å². The topological polar surface area (TPSA) is 71.3 Å². The number of hydrogen-bond donors (Lipinski definition) is 0. The van der Waals surface area contributed by atoms with Gasteiger partial charge in [-0.1, -0.05) is 18.2 Å². The first-order valence-corrected chi connectivity index (χ1v) is 9.14. The number of pyridine rings is 1. The molecule has 1 aliphatic rings. The summed E-state index contributed by atoms with van der Waals surface area (Å²) in [5, 5.41) is 0. The van der Waals surface area contributed by atoms with E-state index in [-0.39, 0.29) is 17.2 Å². The first-order chi connectivity index (χ1) is 13.2. The van der Waals surface area contributed by atoms with Crippen LogP contribution in [0, 0.1) is 0 Å². The summed E-state index contributed by atoms with van der Waals surface area (Å²) < 4.78 is 1.51. The smallest absolute Gasteiger partial charge is 0.283 e. The van der Waals surface area contributed by atoms with Crippen molar-refractivity contribution in [3.8, 4) is 0 Å². The van der Waals surface area contributed by atoms with Crippen molar-refractivity contribution < 1.29 is 4.79 Å². The zero-order chi connectivity index (χ0) is 18.8. The lowest BCUT2D eigenvalue weighted by atomic mass is 10.2. The standard InChI is InChI=1S/C20H21N5O2/c1-2-25-18-16(9-6-10-21-18)22-17(20(25)27)19(26)24-13-11-23(12-14-24)15-7-4-3-5-8-15/h3-10H,2,11-14H2,1H3. The maximum atomic E-state index is 13.0. The fourth-order valence-electron chi connectivity index (χ4n) is 3.47. The Morgan fingerprint density at radius 1 is 1.04 bits per heavy atom. The number of amides is 1. The number of piperazine rings is 1. The predicted octanol–water partition coefficient (Wildman–Crippen LogP) is 1.77. The van der Waals surface area contributed by atoms with E-state index in [0.717, 1.165) is 18.8 Å². The van der Waals surface area contributed by atoms with Crippen LogP contribution in [0.25, 0.3) is 11.2 Å². The maximum absolute atomic E-state index is 13.0.